The van der Waals surface area contributed by atoms with Crippen molar-refractivity contribution in [3.8, 4) is 0 Å². The zero-order valence-corrected chi connectivity index (χ0v) is 12.6. The first kappa shape index (κ1) is 13.8. The van der Waals surface area contributed by atoms with Crippen molar-refractivity contribution >= 4 is 34.2 Å². The highest BCUT2D eigenvalue weighted by molar-refractivity contribution is 8.93. The molecular weight excluding hydrogens is 314 g/mol. The van der Waals surface area contributed by atoms with Crippen LogP contribution in [0.2, 0.25) is 5.02 Å². The Morgan fingerprint density at radius 3 is 2.67 bits per heavy atom. The second kappa shape index (κ2) is 6.04. The van der Waals surface area contributed by atoms with Gasteiger partial charge in [-0.25, -0.2) is 4.98 Å². The number of likely N-dealkylation sites (tertiary alicyclic amines) is 1. The van der Waals surface area contributed by atoms with E-state index in [2.05, 4.69) is 16.1 Å². The van der Waals surface area contributed by atoms with Crippen LogP contribution >= 0.6 is 28.6 Å². The van der Waals surface area contributed by atoms with Gasteiger partial charge in [-0.15, -0.1) is 17.0 Å². The van der Waals surface area contributed by atoms with Crippen molar-refractivity contribution in [1.29, 1.82) is 0 Å². The maximum Gasteiger partial charge on any atom is 0.137 e. The van der Waals surface area contributed by atoms with Crippen LogP contribution in [0.4, 0.5) is 0 Å². The molecule has 3 rings (SSSR count). The molecule has 1 saturated heterocycles. The number of aromatic nitrogens is 2. The molecule has 0 unspecified atom stereocenters. The number of piperidine rings is 1. The van der Waals surface area contributed by atoms with Crippen molar-refractivity contribution in [1.82, 2.24) is 14.3 Å². The van der Waals surface area contributed by atoms with Crippen LogP contribution in [-0.2, 0) is 6.54 Å². The van der Waals surface area contributed by atoms with Crippen molar-refractivity contribution in [2.24, 2.45) is 0 Å². The molecule has 3 nitrogen and oxygen atoms in total. The second-order valence-electron chi connectivity index (χ2n) is 4.68. The second-order valence-corrected chi connectivity index (χ2v) is 5.12. The zero-order valence-electron chi connectivity index (χ0n) is 10.2. The van der Waals surface area contributed by atoms with Gasteiger partial charge in [-0.2, -0.15) is 0 Å². The Hall–Kier alpha value is -0.580. The molecule has 0 atom stereocenters. The lowest BCUT2D eigenvalue weighted by molar-refractivity contribution is 0.219. The fraction of sp³-hybridized carbons (Fsp3) is 0.462. The number of nitrogens with zero attached hydrogens (tertiary/aromatic N) is 3. The molecule has 2 aromatic rings. The number of imidazole rings is 1. The Balaban J connectivity index is 0.00000120. The van der Waals surface area contributed by atoms with Crippen LogP contribution in [0.15, 0.2) is 24.5 Å². The number of pyridine rings is 1. The highest BCUT2D eigenvalue weighted by atomic mass is 79.9. The first-order valence-electron chi connectivity index (χ1n) is 6.17. The van der Waals surface area contributed by atoms with Crippen molar-refractivity contribution in [3.63, 3.8) is 0 Å². The average molecular weight is 331 g/mol. The molecule has 18 heavy (non-hydrogen) atoms. The van der Waals surface area contributed by atoms with Crippen molar-refractivity contribution < 1.29 is 0 Å². The van der Waals surface area contributed by atoms with Crippen LogP contribution in [0.5, 0.6) is 0 Å². The summed E-state index contributed by atoms with van der Waals surface area (Å²) in [5, 5.41) is 0.749. The number of hydrogen-bond donors (Lipinski definition) is 0. The summed E-state index contributed by atoms with van der Waals surface area (Å²) < 4.78 is 2.00. The topological polar surface area (TPSA) is 20.5 Å². The molecule has 0 aromatic carbocycles. The average Bonchev–Trinajstić information content (AvgIpc) is 2.71. The van der Waals surface area contributed by atoms with E-state index in [1.165, 1.54) is 32.4 Å². The number of fused-ring (bicyclic) bond motifs is 1. The third-order valence-corrected chi connectivity index (χ3v) is 3.52. The molecule has 0 bridgehead atoms. The fourth-order valence-electron chi connectivity index (χ4n) is 2.44. The van der Waals surface area contributed by atoms with Crippen LogP contribution in [0.1, 0.15) is 25.0 Å². The van der Waals surface area contributed by atoms with E-state index in [0.717, 1.165) is 22.9 Å². The predicted octanol–water partition coefficient (Wildman–Crippen LogP) is 3.55. The minimum Gasteiger partial charge on any atom is -0.305 e. The summed E-state index contributed by atoms with van der Waals surface area (Å²) in [5.41, 5.74) is 2.11. The van der Waals surface area contributed by atoms with E-state index in [4.69, 9.17) is 11.6 Å². The lowest BCUT2D eigenvalue weighted by atomic mass is 10.1. The van der Waals surface area contributed by atoms with Crippen molar-refractivity contribution in [2.75, 3.05) is 13.1 Å². The summed E-state index contributed by atoms with van der Waals surface area (Å²) in [7, 11) is 0. The first-order valence-corrected chi connectivity index (χ1v) is 6.54. The van der Waals surface area contributed by atoms with E-state index >= 15 is 0 Å². The van der Waals surface area contributed by atoms with Crippen molar-refractivity contribution in [3.05, 3.63) is 35.2 Å². The van der Waals surface area contributed by atoms with E-state index in [1.807, 2.05) is 22.7 Å². The third-order valence-electron chi connectivity index (χ3n) is 3.30. The lowest BCUT2D eigenvalue weighted by Crippen LogP contribution is -2.29. The Morgan fingerprint density at radius 1 is 1.11 bits per heavy atom. The molecule has 0 radical (unpaired) electrons. The van der Waals surface area contributed by atoms with Gasteiger partial charge < -0.3 is 4.40 Å². The lowest BCUT2D eigenvalue weighted by Gasteiger charge is -2.25. The van der Waals surface area contributed by atoms with Crippen LogP contribution in [-0.4, -0.2) is 27.4 Å². The van der Waals surface area contributed by atoms with Gasteiger partial charge in [-0.3, -0.25) is 4.90 Å². The highest BCUT2D eigenvalue weighted by Gasteiger charge is 2.12. The number of halogens is 2. The Labute approximate surface area is 123 Å². The molecule has 5 heteroatoms. The van der Waals surface area contributed by atoms with E-state index in [0.29, 0.717) is 0 Å². The maximum atomic E-state index is 5.96. The van der Waals surface area contributed by atoms with Crippen LogP contribution in [0.25, 0.3) is 5.65 Å². The summed E-state index contributed by atoms with van der Waals surface area (Å²) in [6.07, 6.45) is 8.00. The molecule has 0 amide bonds. The predicted molar refractivity (Wildman–Crippen MR) is 79.7 cm³/mol. The standard InChI is InChI=1S/C13H16ClN3.BrH/c14-11-4-5-13-15-12(10-17(13)8-11)9-16-6-2-1-3-7-16;/h4-5,8,10H,1-3,6-7,9H2;1H. The molecule has 1 fully saturated rings. The largest absolute Gasteiger partial charge is 0.305 e. The Morgan fingerprint density at radius 2 is 1.89 bits per heavy atom. The maximum absolute atomic E-state index is 5.96. The molecule has 0 spiro atoms. The first-order chi connectivity index (χ1) is 8.31. The van der Waals surface area contributed by atoms with E-state index in [9.17, 15) is 0 Å². The summed E-state index contributed by atoms with van der Waals surface area (Å²) in [5.74, 6) is 0. The Kier molecular flexibility index (Phi) is 4.65. The van der Waals surface area contributed by atoms with E-state index in [-0.39, 0.29) is 17.0 Å². The Bertz CT molecular complexity index is 520. The normalized spacial score (nSPS) is 16.7. The van der Waals surface area contributed by atoms with E-state index in [1.54, 1.807) is 0 Å². The van der Waals surface area contributed by atoms with Gasteiger partial charge in [0.15, 0.2) is 0 Å². The van der Waals surface area contributed by atoms with Gasteiger partial charge in [0.25, 0.3) is 0 Å². The third kappa shape index (κ3) is 3.05. The van der Waals surface area contributed by atoms with Gasteiger partial charge in [0, 0.05) is 18.9 Å². The summed E-state index contributed by atoms with van der Waals surface area (Å²) >= 11 is 5.96. The monoisotopic (exact) mass is 329 g/mol. The van der Waals surface area contributed by atoms with Gasteiger partial charge in [0.05, 0.1) is 10.7 Å². The molecule has 0 N–H and O–H groups in total. The zero-order chi connectivity index (χ0) is 11.7. The highest BCUT2D eigenvalue weighted by Crippen LogP contribution is 2.15. The van der Waals surface area contributed by atoms with Gasteiger partial charge in [-0.1, -0.05) is 18.0 Å². The molecule has 2 aromatic heterocycles. The molecule has 0 aliphatic carbocycles. The van der Waals surface area contributed by atoms with Crippen LogP contribution < -0.4 is 0 Å². The van der Waals surface area contributed by atoms with Crippen LogP contribution in [0, 0.1) is 0 Å². The summed E-state index contributed by atoms with van der Waals surface area (Å²) in [4.78, 5) is 7.09. The van der Waals surface area contributed by atoms with Crippen LogP contribution in [0.3, 0.4) is 0 Å². The molecular formula is C13H17BrClN3. The molecule has 1 aliphatic heterocycles. The molecule has 3 heterocycles. The minimum atomic E-state index is 0. The van der Waals surface area contributed by atoms with Gasteiger partial charge in [-0.05, 0) is 38.1 Å². The smallest absolute Gasteiger partial charge is 0.137 e. The van der Waals surface area contributed by atoms with Gasteiger partial charge in [0.2, 0.25) is 0 Å². The van der Waals surface area contributed by atoms with Gasteiger partial charge in [0.1, 0.15) is 5.65 Å². The molecule has 0 saturated carbocycles. The minimum absolute atomic E-state index is 0. The molecule has 1 aliphatic rings. The summed E-state index contributed by atoms with van der Waals surface area (Å²) in [6.45, 7) is 3.36. The number of rotatable bonds is 2. The number of hydrogen-bond acceptors (Lipinski definition) is 2. The SMILES string of the molecule is Br.Clc1ccc2nc(CN3CCCCC3)cn2c1. The summed E-state index contributed by atoms with van der Waals surface area (Å²) in [6, 6.07) is 3.84. The quantitative estimate of drug-likeness (QED) is 0.839. The fourth-order valence-corrected chi connectivity index (χ4v) is 2.61. The van der Waals surface area contributed by atoms with Gasteiger partial charge >= 0.3 is 0 Å². The van der Waals surface area contributed by atoms with E-state index < -0.39 is 0 Å². The van der Waals surface area contributed by atoms with Crippen molar-refractivity contribution in [2.45, 2.75) is 25.8 Å². The molecule has 98 valence electrons.